The summed E-state index contributed by atoms with van der Waals surface area (Å²) in [5.41, 5.74) is 1.02. The fourth-order valence-corrected chi connectivity index (χ4v) is 1.90. The van der Waals surface area contributed by atoms with Gasteiger partial charge in [0.15, 0.2) is 0 Å². The summed E-state index contributed by atoms with van der Waals surface area (Å²) in [6.45, 7) is 4.25. The number of aromatic carboxylic acids is 1. The lowest BCUT2D eigenvalue weighted by molar-refractivity contribution is 0.0697. The van der Waals surface area contributed by atoms with Crippen molar-refractivity contribution in [3.63, 3.8) is 0 Å². The average Bonchev–Trinajstić information content (AvgIpc) is 2.37. The molecule has 1 aromatic rings. The van der Waals surface area contributed by atoms with Crippen LogP contribution in [0.4, 0.5) is 5.69 Å². The molecule has 1 rings (SSSR count). The van der Waals surface area contributed by atoms with Gasteiger partial charge in [-0.2, -0.15) is 0 Å². The van der Waals surface area contributed by atoms with Gasteiger partial charge < -0.3 is 15.2 Å². The molecule has 0 fully saturated rings. The highest BCUT2D eigenvalue weighted by molar-refractivity contribution is 5.89. The van der Waals surface area contributed by atoms with Gasteiger partial charge in [0, 0.05) is 6.04 Å². The summed E-state index contributed by atoms with van der Waals surface area (Å²) in [7, 11) is 1.59. The third-order valence-corrected chi connectivity index (χ3v) is 2.94. The van der Waals surface area contributed by atoms with E-state index in [1.807, 2.05) is 0 Å². The Labute approximate surface area is 108 Å². The van der Waals surface area contributed by atoms with Crippen LogP contribution in [0.1, 0.15) is 43.5 Å². The zero-order chi connectivity index (χ0) is 13.5. The summed E-state index contributed by atoms with van der Waals surface area (Å²) in [5.74, 6) is -0.251. The second kappa shape index (κ2) is 6.89. The van der Waals surface area contributed by atoms with Gasteiger partial charge in [-0.15, -0.1) is 0 Å². The molecule has 18 heavy (non-hydrogen) atoms. The van der Waals surface area contributed by atoms with Crippen molar-refractivity contribution in [3.8, 4) is 5.75 Å². The Hall–Kier alpha value is -1.71. The van der Waals surface area contributed by atoms with Crippen LogP contribution in [0.25, 0.3) is 0 Å². The van der Waals surface area contributed by atoms with Crippen molar-refractivity contribution < 1.29 is 14.6 Å². The first kappa shape index (κ1) is 14.4. The number of anilines is 1. The minimum absolute atomic E-state index is 0.268. The molecule has 4 nitrogen and oxygen atoms in total. The second-order valence-electron chi connectivity index (χ2n) is 4.26. The van der Waals surface area contributed by atoms with E-state index in [1.165, 1.54) is 0 Å². The number of carboxylic acids is 1. The Bertz CT molecular complexity index is 404. The molecule has 0 heterocycles. The normalized spacial score (nSPS) is 11.9. The van der Waals surface area contributed by atoms with Crippen LogP contribution in [0.15, 0.2) is 18.2 Å². The number of carboxylic acid groups (broad SMARTS) is 1. The quantitative estimate of drug-likeness (QED) is 0.780. The molecule has 4 heteroatoms. The molecule has 0 bridgehead atoms. The van der Waals surface area contributed by atoms with Crippen LogP contribution < -0.4 is 10.1 Å². The fourth-order valence-electron chi connectivity index (χ4n) is 1.90. The van der Waals surface area contributed by atoms with E-state index in [9.17, 15) is 4.79 Å². The smallest absolute Gasteiger partial charge is 0.335 e. The van der Waals surface area contributed by atoms with E-state index in [4.69, 9.17) is 9.84 Å². The number of carbonyl (C=O) groups is 1. The van der Waals surface area contributed by atoms with E-state index in [2.05, 4.69) is 19.2 Å². The van der Waals surface area contributed by atoms with Crippen molar-refractivity contribution in [2.45, 2.75) is 39.2 Å². The molecule has 0 amide bonds. The van der Waals surface area contributed by atoms with Gasteiger partial charge in [0.1, 0.15) is 5.75 Å². The Morgan fingerprint density at radius 3 is 2.67 bits per heavy atom. The number of methoxy groups -OCH3 is 1. The molecule has 0 aliphatic rings. The van der Waals surface area contributed by atoms with Gasteiger partial charge in [0.2, 0.25) is 0 Å². The monoisotopic (exact) mass is 251 g/mol. The van der Waals surface area contributed by atoms with Crippen LogP contribution >= 0.6 is 0 Å². The molecule has 1 unspecified atom stereocenters. The molecule has 2 N–H and O–H groups in total. The maximum Gasteiger partial charge on any atom is 0.335 e. The summed E-state index contributed by atoms with van der Waals surface area (Å²) in [6, 6.07) is 5.20. The standard InChI is InChI=1S/C14H21NO3/c1-4-6-11(5-2)15-12-9-10(14(16)17)7-8-13(12)18-3/h7-9,11,15H,4-6H2,1-3H3,(H,16,17). The van der Waals surface area contributed by atoms with Crippen molar-refractivity contribution in [1.82, 2.24) is 0 Å². The number of hydrogen-bond donors (Lipinski definition) is 2. The molecule has 0 aliphatic heterocycles. The molecular weight excluding hydrogens is 230 g/mol. The van der Waals surface area contributed by atoms with Gasteiger partial charge in [0.05, 0.1) is 18.4 Å². The van der Waals surface area contributed by atoms with Crippen LogP contribution in [0, 0.1) is 0 Å². The van der Waals surface area contributed by atoms with Crippen molar-refractivity contribution >= 4 is 11.7 Å². The van der Waals surface area contributed by atoms with Crippen molar-refractivity contribution in [2.75, 3.05) is 12.4 Å². The van der Waals surface area contributed by atoms with Gasteiger partial charge in [-0.1, -0.05) is 20.3 Å². The van der Waals surface area contributed by atoms with E-state index >= 15 is 0 Å². The highest BCUT2D eigenvalue weighted by atomic mass is 16.5. The summed E-state index contributed by atoms with van der Waals surface area (Å²) in [4.78, 5) is 11.0. The SMILES string of the molecule is CCCC(CC)Nc1cc(C(=O)O)ccc1OC. The number of rotatable bonds is 7. The first-order valence-corrected chi connectivity index (χ1v) is 6.30. The lowest BCUT2D eigenvalue weighted by atomic mass is 10.1. The zero-order valence-electron chi connectivity index (χ0n) is 11.2. The molecule has 0 aliphatic carbocycles. The van der Waals surface area contributed by atoms with Gasteiger partial charge in [-0.25, -0.2) is 4.79 Å². The van der Waals surface area contributed by atoms with E-state index in [0.29, 0.717) is 11.8 Å². The van der Waals surface area contributed by atoms with E-state index in [1.54, 1.807) is 25.3 Å². The van der Waals surface area contributed by atoms with Crippen LogP contribution in [-0.2, 0) is 0 Å². The Morgan fingerprint density at radius 1 is 1.44 bits per heavy atom. The Kier molecular flexibility index (Phi) is 5.49. The molecule has 0 radical (unpaired) electrons. The van der Waals surface area contributed by atoms with Gasteiger partial charge >= 0.3 is 5.97 Å². The third kappa shape index (κ3) is 3.65. The summed E-state index contributed by atoms with van der Waals surface area (Å²) < 4.78 is 5.25. The van der Waals surface area contributed by atoms with Crippen LogP contribution in [0.3, 0.4) is 0 Å². The average molecular weight is 251 g/mol. The van der Waals surface area contributed by atoms with Gasteiger partial charge in [0.25, 0.3) is 0 Å². The number of hydrogen-bond acceptors (Lipinski definition) is 3. The Balaban J connectivity index is 2.96. The third-order valence-electron chi connectivity index (χ3n) is 2.94. The Morgan fingerprint density at radius 2 is 2.17 bits per heavy atom. The van der Waals surface area contributed by atoms with Crippen molar-refractivity contribution in [1.29, 1.82) is 0 Å². The minimum Gasteiger partial charge on any atom is -0.495 e. The molecule has 0 saturated heterocycles. The topological polar surface area (TPSA) is 58.6 Å². The van der Waals surface area contributed by atoms with Crippen molar-refractivity contribution in [2.24, 2.45) is 0 Å². The van der Waals surface area contributed by atoms with Crippen LogP contribution in [-0.4, -0.2) is 24.2 Å². The lowest BCUT2D eigenvalue weighted by Crippen LogP contribution is -2.18. The highest BCUT2D eigenvalue weighted by Crippen LogP contribution is 2.27. The van der Waals surface area contributed by atoms with Gasteiger partial charge in [-0.05, 0) is 31.0 Å². The molecule has 0 aromatic heterocycles. The summed E-state index contributed by atoms with van der Waals surface area (Å²) >= 11 is 0. The van der Waals surface area contributed by atoms with E-state index in [-0.39, 0.29) is 5.56 Å². The molecule has 0 saturated carbocycles. The second-order valence-corrected chi connectivity index (χ2v) is 4.26. The molecule has 1 aromatic carbocycles. The molecule has 100 valence electrons. The van der Waals surface area contributed by atoms with Crippen molar-refractivity contribution in [3.05, 3.63) is 23.8 Å². The van der Waals surface area contributed by atoms with E-state index < -0.39 is 5.97 Å². The molecule has 0 spiro atoms. The minimum atomic E-state index is -0.927. The predicted molar refractivity (Wildman–Crippen MR) is 72.6 cm³/mol. The lowest BCUT2D eigenvalue weighted by Gasteiger charge is -2.19. The maximum atomic E-state index is 11.0. The predicted octanol–water partition coefficient (Wildman–Crippen LogP) is 3.38. The highest BCUT2D eigenvalue weighted by Gasteiger charge is 2.12. The molecule has 1 atom stereocenters. The number of nitrogens with one attached hydrogen (secondary N) is 1. The first-order chi connectivity index (χ1) is 8.62. The fraction of sp³-hybridized carbons (Fsp3) is 0.500. The van der Waals surface area contributed by atoms with Gasteiger partial charge in [-0.3, -0.25) is 0 Å². The maximum absolute atomic E-state index is 11.0. The van der Waals surface area contributed by atoms with Crippen LogP contribution in [0.5, 0.6) is 5.75 Å². The number of ether oxygens (including phenoxy) is 1. The molecular formula is C14H21NO3. The summed E-state index contributed by atoms with van der Waals surface area (Å²) in [6.07, 6.45) is 3.14. The largest absolute Gasteiger partial charge is 0.495 e. The van der Waals surface area contributed by atoms with Crippen LogP contribution in [0.2, 0.25) is 0 Å². The zero-order valence-corrected chi connectivity index (χ0v) is 11.2. The summed E-state index contributed by atoms with van der Waals surface area (Å²) in [5, 5.41) is 12.4. The van der Waals surface area contributed by atoms with E-state index in [0.717, 1.165) is 24.9 Å². The first-order valence-electron chi connectivity index (χ1n) is 6.30. The number of benzene rings is 1.